The van der Waals surface area contributed by atoms with Crippen molar-refractivity contribution in [3.8, 4) is 0 Å². The van der Waals surface area contributed by atoms with E-state index < -0.39 is 0 Å². The maximum Gasteiger partial charge on any atom is 0.251 e. The predicted molar refractivity (Wildman–Crippen MR) is 71.6 cm³/mol. The third-order valence-corrected chi connectivity index (χ3v) is 2.51. The van der Waals surface area contributed by atoms with Crippen LogP contribution >= 0.6 is 0 Å². The van der Waals surface area contributed by atoms with Crippen LogP contribution < -0.4 is 16.0 Å². The highest BCUT2D eigenvalue weighted by atomic mass is 16.2. The smallest absolute Gasteiger partial charge is 0.251 e. The molecule has 0 radical (unpaired) electrons. The van der Waals surface area contributed by atoms with Gasteiger partial charge in [-0.05, 0) is 32.2 Å². The van der Waals surface area contributed by atoms with Gasteiger partial charge in [-0.15, -0.1) is 0 Å². The maximum absolute atomic E-state index is 11.9. The van der Waals surface area contributed by atoms with Crippen molar-refractivity contribution < 1.29 is 9.59 Å². The van der Waals surface area contributed by atoms with Gasteiger partial charge in [0, 0.05) is 30.8 Å². The molecule has 2 amide bonds. The molecule has 0 saturated heterocycles. The molecule has 1 unspecified atom stereocenters. The van der Waals surface area contributed by atoms with Crippen LogP contribution in [0.25, 0.3) is 0 Å². The van der Waals surface area contributed by atoms with Gasteiger partial charge in [0.1, 0.15) is 0 Å². The van der Waals surface area contributed by atoms with Crippen molar-refractivity contribution in [2.75, 3.05) is 18.9 Å². The molecule has 0 aromatic heterocycles. The van der Waals surface area contributed by atoms with Crippen molar-refractivity contribution >= 4 is 17.5 Å². The Morgan fingerprint density at radius 2 is 2.06 bits per heavy atom. The Balaban J connectivity index is 2.65. The van der Waals surface area contributed by atoms with Crippen LogP contribution in [0.5, 0.6) is 0 Å². The SMILES string of the molecule is CNC(C)CNC(=O)c1cccc(NC(C)=O)c1. The van der Waals surface area contributed by atoms with E-state index in [1.165, 1.54) is 6.92 Å². The molecular weight excluding hydrogens is 230 g/mol. The molecule has 18 heavy (non-hydrogen) atoms. The van der Waals surface area contributed by atoms with Gasteiger partial charge in [-0.1, -0.05) is 6.07 Å². The van der Waals surface area contributed by atoms with E-state index in [0.29, 0.717) is 17.8 Å². The maximum atomic E-state index is 11.9. The molecule has 3 N–H and O–H groups in total. The third-order valence-electron chi connectivity index (χ3n) is 2.51. The van der Waals surface area contributed by atoms with Gasteiger partial charge in [-0.25, -0.2) is 0 Å². The number of hydrogen-bond acceptors (Lipinski definition) is 3. The van der Waals surface area contributed by atoms with E-state index in [-0.39, 0.29) is 17.9 Å². The minimum atomic E-state index is -0.156. The van der Waals surface area contributed by atoms with E-state index in [1.54, 1.807) is 24.3 Å². The average Bonchev–Trinajstić information content (AvgIpc) is 2.35. The number of nitrogens with one attached hydrogen (secondary N) is 3. The van der Waals surface area contributed by atoms with Gasteiger partial charge in [0.2, 0.25) is 5.91 Å². The Labute approximate surface area is 107 Å². The van der Waals surface area contributed by atoms with Gasteiger partial charge in [-0.3, -0.25) is 9.59 Å². The van der Waals surface area contributed by atoms with Crippen LogP contribution in [0.3, 0.4) is 0 Å². The second-order valence-electron chi connectivity index (χ2n) is 4.16. The first-order valence-electron chi connectivity index (χ1n) is 5.86. The van der Waals surface area contributed by atoms with Crippen LogP contribution in [-0.2, 0) is 4.79 Å². The zero-order valence-corrected chi connectivity index (χ0v) is 10.9. The summed E-state index contributed by atoms with van der Waals surface area (Å²) < 4.78 is 0. The van der Waals surface area contributed by atoms with Crippen molar-refractivity contribution in [2.45, 2.75) is 19.9 Å². The number of benzene rings is 1. The van der Waals surface area contributed by atoms with E-state index in [0.717, 1.165) is 0 Å². The molecule has 5 heteroatoms. The van der Waals surface area contributed by atoms with Gasteiger partial charge < -0.3 is 16.0 Å². The van der Waals surface area contributed by atoms with Crippen molar-refractivity contribution in [1.82, 2.24) is 10.6 Å². The van der Waals surface area contributed by atoms with Crippen molar-refractivity contribution in [1.29, 1.82) is 0 Å². The molecule has 1 aromatic carbocycles. The molecule has 0 aliphatic carbocycles. The second kappa shape index (κ2) is 6.76. The zero-order chi connectivity index (χ0) is 13.5. The number of hydrogen-bond donors (Lipinski definition) is 3. The molecule has 0 aliphatic heterocycles. The van der Waals surface area contributed by atoms with Gasteiger partial charge in [0.25, 0.3) is 5.91 Å². The molecule has 1 aromatic rings. The largest absolute Gasteiger partial charge is 0.350 e. The molecule has 1 atom stereocenters. The first kappa shape index (κ1) is 14.2. The molecule has 0 spiro atoms. The Kier molecular flexibility index (Phi) is 5.32. The van der Waals surface area contributed by atoms with Gasteiger partial charge in [-0.2, -0.15) is 0 Å². The summed E-state index contributed by atoms with van der Waals surface area (Å²) in [6, 6.07) is 7.06. The van der Waals surface area contributed by atoms with E-state index >= 15 is 0 Å². The normalized spacial score (nSPS) is 11.7. The van der Waals surface area contributed by atoms with E-state index in [4.69, 9.17) is 0 Å². The summed E-state index contributed by atoms with van der Waals surface area (Å²) in [5, 5.41) is 8.50. The lowest BCUT2D eigenvalue weighted by atomic mass is 10.2. The Morgan fingerprint density at radius 3 is 2.67 bits per heavy atom. The number of rotatable bonds is 5. The quantitative estimate of drug-likeness (QED) is 0.728. The first-order valence-corrected chi connectivity index (χ1v) is 5.86. The van der Waals surface area contributed by atoms with Gasteiger partial charge >= 0.3 is 0 Å². The molecule has 0 saturated carbocycles. The molecule has 0 aliphatic rings. The molecular formula is C13H19N3O2. The average molecular weight is 249 g/mol. The molecule has 0 heterocycles. The summed E-state index contributed by atoms with van der Waals surface area (Å²) in [5.74, 6) is -0.305. The number of carbonyl (C=O) groups is 2. The standard InChI is InChI=1S/C13H19N3O2/c1-9(14-3)8-15-13(18)11-5-4-6-12(7-11)16-10(2)17/h4-7,9,14H,8H2,1-3H3,(H,15,18)(H,16,17). The van der Waals surface area contributed by atoms with Crippen molar-refractivity contribution in [3.63, 3.8) is 0 Å². The summed E-state index contributed by atoms with van der Waals surface area (Å²) in [6.07, 6.45) is 0. The summed E-state index contributed by atoms with van der Waals surface area (Å²) in [6.45, 7) is 3.97. The van der Waals surface area contributed by atoms with Crippen LogP contribution in [0.2, 0.25) is 0 Å². The lowest BCUT2D eigenvalue weighted by molar-refractivity contribution is -0.114. The highest BCUT2D eigenvalue weighted by Crippen LogP contribution is 2.10. The summed E-state index contributed by atoms with van der Waals surface area (Å²) in [4.78, 5) is 22.8. The number of carbonyl (C=O) groups excluding carboxylic acids is 2. The highest BCUT2D eigenvalue weighted by molar-refractivity contribution is 5.96. The fourth-order valence-electron chi connectivity index (χ4n) is 1.39. The fourth-order valence-corrected chi connectivity index (χ4v) is 1.39. The van der Waals surface area contributed by atoms with Crippen LogP contribution in [0.15, 0.2) is 24.3 Å². The lowest BCUT2D eigenvalue weighted by Crippen LogP contribution is -2.37. The van der Waals surface area contributed by atoms with E-state index in [1.807, 2.05) is 14.0 Å². The molecule has 1 rings (SSSR count). The van der Waals surface area contributed by atoms with E-state index in [9.17, 15) is 9.59 Å². The fraction of sp³-hybridized carbons (Fsp3) is 0.385. The monoisotopic (exact) mass is 249 g/mol. The van der Waals surface area contributed by atoms with Gasteiger partial charge in [0.15, 0.2) is 0 Å². The van der Waals surface area contributed by atoms with Crippen LogP contribution in [0, 0.1) is 0 Å². The van der Waals surface area contributed by atoms with Crippen molar-refractivity contribution in [3.05, 3.63) is 29.8 Å². The second-order valence-corrected chi connectivity index (χ2v) is 4.16. The minimum Gasteiger partial charge on any atom is -0.350 e. The highest BCUT2D eigenvalue weighted by Gasteiger charge is 2.07. The topological polar surface area (TPSA) is 70.2 Å². The lowest BCUT2D eigenvalue weighted by Gasteiger charge is -2.12. The Hall–Kier alpha value is -1.88. The van der Waals surface area contributed by atoms with E-state index in [2.05, 4.69) is 16.0 Å². The summed E-state index contributed by atoms with van der Waals surface area (Å²) >= 11 is 0. The Morgan fingerprint density at radius 1 is 1.33 bits per heavy atom. The molecule has 5 nitrogen and oxygen atoms in total. The van der Waals surface area contributed by atoms with Crippen LogP contribution in [0.4, 0.5) is 5.69 Å². The summed E-state index contributed by atoms with van der Waals surface area (Å²) in [5.41, 5.74) is 1.15. The first-order chi connectivity index (χ1) is 8.52. The van der Waals surface area contributed by atoms with Gasteiger partial charge in [0.05, 0.1) is 0 Å². The molecule has 0 fully saturated rings. The van der Waals surface area contributed by atoms with Crippen LogP contribution in [0.1, 0.15) is 24.2 Å². The Bertz CT molecular complexity index is 432. The summed E-state index contributed by atoms with van der Waals surface area (Å²) in [7, 11) is 1.84. The van der Waals surface area contributed by atoms with Crippen LogP contribution in [-0.4, -0.2) is 31.4 Å². The minimum absolute atomic E-state index is 0.149. The molecule has 98 valence electrons. The predicted octanol–water partition coefficient (Wildman–Crippen LogP) is 0.983. The number of likely N-dealkylation sites (N-methyl/N-ethyl adjacent to an activating group) is 1. The molecule has 0 bridgehead atoms. The number of amides is 2. The van der Waals surface area contributed by atoms with Crippen molar-refractivity contribution in [2.24, 2.45) is 0 Å². The number of anilines is 1. The zero-order valence-electron chi connectivity index (χ0n) is 10.9. The third kappa shape index (κ3) is 4.55.